The molecule has 12 heteroatoms. The number of methoxy groups -OCH3 is 1. The van der Waals surface area contributed by atoms with Crippen molar-refractivity contribution in [3.8, 4) is 0 Å². The molecule has 0 bridgehead atoms. The summed E-state index contributed by atoms with van der Waals surface area (Å²) in [6.07, 6.45) is 1.95. The Morgan fingerprint density at radius 2 is 1.70 bits per heavy atom. The summed E-state index contributed by atoms with van der Waals surface area (Å²) in [6, 6.07) is -0.182. The van der Waals surface area contributed by atoms with Crippen molar-refractivity contribution in [1.29, 1.82) is 0 Å². The number of carbonyl (C=O) groups excluding carboxylic acids is 3. The smallest absolute Gasteiger partial charge is 0.316 e. The van der Waals surface area contributed by atoms with E-state index < -0.39 is 47.4 Å². The molecule has 4 rings (SSSR count). The van der Waals surface area contributed by atoms with Gasteiger partial charge in [0.25, 0.3) is 0 Å². The number of Topliss-reactive ketones (excluding diaryl/α,β-unsaturated/α-hetero) is 1. The van der Waals surface area contributed by atoms with Crippen molar-refractivity contribution in [2.45, 2.75) is 115 Å². The molecule has 0 aromatic rings. The summed E-state index contributed by atoms with van der Waals surface area (Å²) < 4.78 is 24.9. The number of cyclic esters (lactones) is 1. The molecular formula is C35H62N4O8. The first-order chi connectivity index (χ1) is 22.1. The molecule has 1 unspecified atom stereocenters. The maximum absolute atomic E-state index is 14.0. The number of aliphatic hydroxyl groups excluding tert-OH is 1. The second-order valence-electron chi connectivity index (χ2n) is 15.4. The van der Waals surface area contributed by atoms with E-state index in [4.69, 9.17) is 18.9 Å². The van der Waals surface area contributed by atoms with E-state index in [0.29, 0.717) is 51.9 Å². The van der Waals surface area contributed by atoms with E-state index in [1.54, 1.807) is 21.0 Å². The zero-order chi connectivity index (χ0) is 34.7. The Bertz CT molecular complexity index is 1080. The van der Waals surface area contributed by atoms with Crippen LogP contribution in [0, 0.1) is 17.8 Å². The van der Waals surface area contributed by atoms with E-state index in [9.17, 15) is 19.5 Å². The monoisotopic (exact) mass is 666 g/mol. The molecule has 0 aromatic heterocycles. The van der Waals surface area contributed by atoms with E-state index in [2.05, 4.69) is 23.8 Å². The summed E-state index contributed by atoms with van der Waals surface area (Å²) >= 11 is 0. The lowest BCUT2D eigenvalue weighted by Crippen LogP contribution is -2.60. The highest BCUT2D eigenvalue weighted by Crippen LogP contribution is 2.38. The van der Waals surface area contributed by atoms with E-state index in [0.717, 1.165) is 25.9 Å². The molecule has 0 radical (unpaired) electrons. The normalized spacial score (nSPS) is 38.6. The number of piperidine rings is 1. The van der Waals surface area contributed by atoms with Gasteiger partial charge in [-0.15, -0.1) is 0 Å². The fourth-order valence-corrected chi connectivity index (χ4v) is 8.35. The first-order valence-corrected chi connectivity index (χ1v) is 17.7. The van der Waals surface area contributed by atoms with Crippen molar-refractivity contribution < 1.29 is 38.4 Å². The van der Waals surface area contributed by atoms with Crippen LogP contribution in [0.15, 0.2) is 0 Å². The quantitative estimate of drug-likeness (QED) is 0.331. The Kier molecular flexibility index (Phi) is 12.9. The van der Waals surface area contributed by atoms with Crippen LogP contribution < -0.4 is 0 Å². The first-order valence-electron chi connectivity index (χ1n) is 17.7. The highest BCUT2D eigenvalue weighted by molar-refractivity contribution is 6.00. The van der Waals surface area contributed by atoms with Crippen LogP contribution in [-0.4, -0.2) is 158 Å². The van der Waals surface area contributed by atoms with Crippen molar-refractivity contribution in [2.75, 3.05) is 74.1 Å². The van der Waals surface area contributed by atoms with Crippen LogP contribution in [0.1, 0.15) is 73.1 Å². The molecule has 4 heterocycles. The Hall–Kier alpha value is -1.67. The van der Waals surface area contributed by atoms with Crippen LogP contribution in [0.4, 0.5) is 0 Å². The first kappa shape index (κ1) is 38.1. The number of likely N-dealkylation sites (tertiary alicyclic amines) is 2. The maximum atomic E-state index is 14.0. The van der Waals surface area contributed by atoms with Gasteiger partial charge in [0.1, 0.15) is 18.6 Å². The Morgan fingerprint density at radius 3 is 2.30 bits per heavy atom. The molecule has 12 nitrogen and oxygen atoms in total. The van der Waals surface area contributed by atoms with E-state index in [1.807, 2.05) is 37.7 Å². The number of aliphatic hydroxyl groups is 1. The van der Waals surface area contributed by atoms with Crippen LogP contribution in [-0.2, 0) is 33.3 Å². The molecule has 0 aromatic carbocycles. The van der Waals surface area contributed by atoms with Crippen molar-refractivity contribution in [3.05, 3.63) is 0 Å². The number of carbonyl (C=O) groups is 3. The van der Waals surface area contributed by atoms with Gasteiger partial charge in [-0.1, -0.05) is 13.8 Å². The van der Waals surface area contributed by atoms with Crippen LogP contribution in [0.2, 0.25) is 0 Å². The third kappa shape index (κ3) is 8.74. The van der Waals surface area contributed by atoms with E-state index in [1.165, 1.54) is 0 Å². The molecule has 0 saturated carbocycles. The van der Waals surface area contributed by atoms with Gasteiger partial charge in [0.15, 0.2) is 12.1 Å². The minimum atomic E-state index is -1.02. The highest BCUT2D eigenvalue weighted by Gasteiger charge is 2.50. The summed E-state index contributed by atoms with van der Waals surface area (Å²) in [6.45, 7) is 13.9. The predicted molar refractivity (Wildman–Crippen MR) is 178 cm³/mol. The van der Waals surface area contributed by atoms with Crippen molar-refractivity contribution in [3.63, 3.8) is 0 Å². The molecule has 270 valence electrons. The second-order valence-corrected chi connectivity index (χ2v) is 15.4. The van der Waals surface area contributed by atoms with Gasteiger partial charge < -0.3 is 33.9 Å². The Balaban J connectivity index is 1.57. The van der Waals surface area contributed by atoms with Gasteiger partial charge in [-0.25, -0.2) is 0 Å². The lowest BCUT2D eigenvalue weighted by Gasteiger charge is -2.48. The summed E-state index contributed by atoms with van der Waals surface area (Å²) in [4.78, 5) is 49.1. The largest absolute Gasteiger partial charge is 0.463 e. The molecule has 1 amide bonds. The lowest BCUT2D eigenvalue weighted by molar-refractivity contribution is -0.295. The van der Waals surface area contributed by atoms with Crippen LogP contribution in [0.5, 0.6) is 0 Å². The van der Waals surface area contributed by atoms with Crippen molar-refractivity contribution >= 4 is 17.7 Å². The second kappa shape index (κ2) is 15.9. The third-order valence-electron chi connectivity index (χ3n) is 11.5. The van der Waals surface area contributed by atoms with Gasteiger partial charge >= 0.3 is 5.97 Å². The van der Waals surface area contributed by atoms with Crippen LogP contribution in [0.3, 0.4) is 0 Å². The summed E-state index contributed by atoms with van der Waals surface area (Å²) in [5.41, 5.74) is -1.41. The minimum absolute atomic E-state index is 0.101. The maximum Gasteiger partial charge on any atom is 0.316 e. The third-order valence-corrected chi connectivity index (χ3v) is 11.5. The van der Waals surface area contributed by atoms with Gasteiger partial charge in [0.05, 0.1) is 29.9 Å². The van der Waals surface area contributed by atoms with Gasteiger partial charge in [0, 0.05) is 38.7 Å². The number of ether oxygens (including phenoxy) is 4. The number of amides is 1. The fraction of sp³-hybridized carbons (Fsp3) is 0.914. The number of hydrogen-bond donors (Lipinski definition) is 1. The topological polar surface area (TPSA) is 121 Å². The molecule has 1 N–H and O–H groups in total. The minimum Gasteiger partial charge on any atom is -0.463 e. The molecule has 47 heavy (non-hydrogen) atoms. The average Bonchev–Trinajstić information content (AvgIpc) is 3.55. The average molecular weight is 667 g/mol. The van der Waals surface area contributed by atoms with Crippen LogP contribution >= 0.6 is 0 Å². The number of likely N-dealkylation sites (N-methyl/N-ethyl adjacent to an activating group) is 2. The molecule has 1 spiro atoms. The van der Waals surface area contributed by atoms with Gasteiger partial charge in [-0.3, -0.25) is 24.2 Å². The van der Waals surface area contributed by atoms with Gasteiger partial charge in [-0.2, -0.15) is 0 Å². The molecule has 4 fully saturated rings. The number of nitrogens with zero attached hydrogens (tertiary/aromatic N) is 4. The molecule has 0 aliphatic carbocycles. The lowest BCUT2D eigenvalue weighted by atomic mass is 9.78. The van der Waals surface area contributed by atoms with E-state index in [-0.39, 0.29) is 36.4 Å². The number of hydrogen-bond acceptors (Lipinski definition) is 11. The van der Waals surface area contributed by atoms with Crippen molar-refractivity contribution in [1.82, 2.24) is 19.6 Å². The van der Waals surface area contributed by atoms with Gasteiger partial charge in [0.2, 0.25) is 5.91 Å². The Morgan fingerprint density at radius 1 is 1.06 bits per heavy atom. The number of ketones is 1. The summed E-state index contributed by atoms with van der Waals surface area (Å²) in [7, 11) is 7.53. The predicted octanol–water partition coefficient (Wildman–Crippen LogP) is 2.02. The van der Waals surface area contributed by atoms with E-state index >= 15 is 0 Å². The Labute approximate surface area is 282 Å². The molecule has 4 saturated heterocycles. The molecule has 9 atom stereocenters. The molecule has 4 aliphatic heterocycles. The fourth-order valence-electron chi connectivity index (χ4n) is 8.35. The molecule has 4 aliphatic rings. The summed E-state index contributed by atoms with van der Waals surface area (Å²) in [5.74, 6) is -2.38. The van der Waals surface area contributed by atoms with Gasteiger partial charge in [-0.05, 0) is 99.4 Å². The molecular weight excluding hydrogens is 604 g/mol. The highest BCUT2D eigenvalue weighted by atomic mass is 16.7. The van der Waals surface area contributed by atoms with Crippen molar-refractivity contribution in [2.24, 2.45) is 17.8 Å². The number of esters is 1. The zero-order valence-corrected chi connectivity index (χ0v) is 30.4. The number of rotatable bonds is 6. The standard InChI is InChI=1S/C35H62N4O8/c1-23-19-34(5,44-9)31(47-33-30(42)27(36(6)7)18-24(2)46-33)25(3)29(41)26(4)32(43)45-22-35(37(8)20-23)12-16-39(17-13-35)28(40)21-38-14-10-11-15-38/h23-27,30-31,33,42H,10-22H2,1-9H3/t23-,24-,25+,26?,27+,30-,31-,33+,34-/m1/s1. The zero-order valence-electron chi connectivity index (χ0n) is 30.4. The summed E-state index contributed by atoms with van der Waals surface area (Å²) in [5, 5.41) is 11.3. The SMILES string of the molecule is CO[C@]1(C)C[C@@H](C)CN(C)C2(CCN(C(=O)CN3CCCC3)CC2)COC(=O)C(C)C(=O)[C@H](C)[C@H]1O[C@@H]1O[C@H](C)C[C@H](N(C)C)[C@H]1O. The van der Waals surface area contributed by atoms with Crippen LogP contribution in [0.25, 0.3) is 0 Å².